The molecular weight excluding hydrogens is 276 g/mol. The van der Waals surface area contributed by atoms with E-state index in [1.165, 1.54) is 0 Å². The zero-order valence-corrected chi connectivity index (χ0v) is 11.2. The molecule has 1 saturated carbocycles. The van der Waals surface area contributed by atoms with Crippen LogP contribution in [0.5, 0.6) is 0 Å². The molecule has 0 unspecified atom stereocenters. The number of halogens is 2. The minimum Gasteiger partial charge on any atom is -0.391 e. The summed E-state index contributed by atoms with van der Waals surface area (Å²) < 4.78 is 53.7. The van der Waals surface area contributed by atoms with Crippen LogP contribution >= 0.6 is 0 Å². The Morgan fingerprint density at radius 1 is 1.37 bits per heavy atom. The summed E-state index contributed by atoms with van der Waals surface area (Å²) in [5, 5.41) is 8.88. The highest BCUT2D eigenvalue weighted by Gasteiger charge is 2.37. The Labute approximate surface area is 110 Å². The average molecular weight is 291 g/mol. The van der Waals surface area contributed by atoms with Crippen LogP contribution in [0.3, 0.4) is 0 Å². The van der Waals surface area contributed by atoms with Crippen LogP contribution in [0.4, 0.5) is 8.78 Å². The molecule has 0 radical (unpaired) electrons. The van der Waals surface area contributed by atoms with Gasteiger partial charge in [0.05, 0.1) is 12.2 Å². The van der Waals surface area contributed by atoms with Crippen molar-refractivity contribution in [1.82, 2.24) is 4.72 Å². The van der Waals surface area contributed by atoms with Gasteiger partial charge in [0.25, 0.3) is 0 Å². The molecule has 0 amide bonds. The lowest BCUT2D eigenvalue weighted by Gasteiger charge is -2.38. The van der Waals surface area contributed by atoms with E-state index in [0.29, 0.717) is 12.8 Å². The Kier molecular flexibility index (Phi) is 3.63. The summed E-state index contributed by atoms with van der Waals surface area (Å²) in [6.07, 6.45) is 2.27. The second-order valence-corrected chi connectivity index (χ2v) is 6.67. The number of benzene rings is 1. The Morgan fingerprint density at radius 3 is 2.47 bits per heavy atom. The van der Waals surface area contributed by atoms with E-state index in [1.807, 2.05) is 0 Å². The van der Waals surface area contributed by atoms with Gasteiger partial charge in [-0.05, 0) is 38.3 Å². The number of aliphatic hydroxyl groups excluding tert-OH is 1. The second kappa shape index (κ2) is 4.81. The van der Waals surface area contributed by atoms with Crippen molar-refractivity contribution in [3.63, 3.8) is 0 Å². The molecule has 19 heavy (non-hydrogen) atoms. The first-order chi connectivity index (χ1) is 8.79. The predicted molar refractivity (Wildman–Crippen MR) is 64.9 cm³/mol. The third kappa shape index (κ3) is 2.63. The van der Waals surface area contributed by atoms with E-state index < -0.39 is 44.3 Å². The molecule has 4 nitrogen and oxygen atoms in total. The number of hydrogen-bond acceptors (Lipinski definition) is 3. The van der Waals surface area contributed by atoms with Crippen molar-refractivity contribution in [1.29, 1.82) is 0 Å². The molecule has 2 rings (SSSR count). The summed E-state index contributed by atoms with van der Waals surface area (Å²) in [4.78, 5) is -0.633. The maximum Gasteiger partial charge on any atom is 0.243 e. The molecule has 106 valence electrons. The van der Waals surface area contributed by atoms with Crippen molar-refractivity contribution >= 4 is 10.0 Å². The van der Waals surface area contributed by atoms with E-state index in [0.717, 1.165) is 18.6 Å². The summed E-state index contributed by atoms with van der Waals surface area (Å²) in [7, 11) is -4.06. The van der Waals surface area contributed by atoms with Crippen LogP contribution in [0.15, 0.2) is 17.0 Å². The molecule has 1 aromatic carbocycles. The van der Waals surface area contributed by atoms with Crippen molar-refractivity contribution in [3.8, 4) is 0 Å². The Morgan fingerprint density at radius 2 is 2.00 bits per heavy atom. The van der Waals surface area contributed by atoms with Gasteiger partial charge >= 0.3 is 0 Å². The van der Waals surface area contributed by atoms with Crippen molar-refractivity contribution in [3.05, 3.63) is 29.3 Å². The summed E-state index contributed by atoms with van der Waals surface area (Å²) in [6, 6.07) is 1.71. The van der Waals surface area contributed by atoms with Crippen LogP contribution in [0, 0.1) is 11.6 Å². The highest BCUT2D eigenvalue weighted by atomic mass is 32.2. The van der Waals surface area contributed by atoms with E-state index in [1.54, 1.807) is 6.92 Å². The van der Waals surface area contributed by atoms with Crippen molar-refractivity contribution in [2.75, 3.05) is 0 Å². The van der Waals surface area contributed by atoms with Crippen LogP contribution in [0.25, 0.3) is 0 Å². The average Bonchev–Trinajstić information content (AvgIpc) is 2.26. The molecule has 1 fully saturated rings. The van der Waals surface area contributed by atoms with E-state index in [9.17, 15) is 17.2 Å². The van der Waals surface area contributed by atoms with E-state index in [-0.39, 0.29) is 0 Å². The number of hydrogen-bond donors (Lipinski definition) is 2. The van der Waals surface area contributed by atoms with Crippen molar-refractivity contribution in [2.45, 2.75) is 43.2 Å². The van der Waals surface area contributed by atoms with E-state index in [2.05, 4.69) is 4.72 Å². The lowest BCUT2D eigenvalue weighted by atomic mass is 9.80. The van der Waals surface area contributed by atoms with Crippen molar-refractivity contribution in [2.24, 2.45) is 0 Å². The number of sulfonamides is 1. The highest BCUT2D eigenvalue weighted by Crippen LogP contribution is 2.33. The molecule has 0 heterocycles. The maximum absolute atomic E-state index is 13.9. The van der Waals surface area contributed by atoms with Gasteiger partial charge in [-0.15, -0.1) is 0 Å². The maximum atomic E-state index is 13.9. The summed E-state index contributed by atoms with van der Waals surface area (Å²) in [6.45, 7) is 0.848. The van der Waals surface area contributed by atoms with Crippen molar-refractivity contribution < 1.29 is 22.3 Å². The third-order valence-corrected chi connectivity index (χ3v) is 5.09. The van der Waals surface area contributed by atoms with Crippen LogP contribution in [-0.4, -0.2) is 19.1 Å². The first-order valence-electron chi connectivity index (χ1n) is 5.91. The minimum absolute atomic E-state index is 0.570. The van der Waals surface area contributed by atoms with Gasteiger partial charge in [0, 0.05) is 5.54 Å². The quantitative estimate of drug-likeness (QED) is 0.887. The largest absolute Gasteiger partial charge is 0.391 e. The molecule has 0 spiro atoms. The van der Waals surface area contributed by atoms with Gasteiger partial charge in [-0.3, -0.25) is 0 Å². The molecule has 1 aromatic rings. The van der Waals surface area contributed by atoms with Crippen LogP contribution in [0.2, 0.25) is 0 Å². The molecule has 1 aliphatic carbocycles. The van der Waals surface area contributed by atoms with Crippen LogP contribution in [0.1, 0.15) is 31.7 Å². The molecule has 2 N–H and O–H groups in total. The Balaban J connectivity index is 2.41. The van der Waals surface area contributed by atoms with E-state index in [4.69, 9.17) is 5.11 Å². The van der Waals surface area contributed by atoms with Gasteiger partial charge in [-0.2, -0.15) is 0 Å². The van der Waals surface area contributed by atoms with Gasteiger partial charge < -0.3 is 5.11 Å². The fourth-order valence-corrected chi connectivity index (χ4v) is 3.69. The van der Waals surface area contributed by atoms with Gasteiger partial charge in [-0.25, -0.2) is 21.9 Å². The lowest BCUT2D eigenvalue weighted by Crippen LogP contribution is -2.50. The first kappa shape index (κ1) is 14.4. The first-order valence-corrected chi connectivity index (χ1v) is 7.39. The number of nitrogens with one attached hydrogen (secondary N) is 1. The molecule has 0 bridgehead atoms. The molecule has 0 atom stereocenters. The van der Waals surface area contributed by atoms with Gasteiger partial charge in [0.15, 0.2) is 5.82 Å². The van der Waals surface area contributed by atoms with Crippen LogP contribution in [-0.2, 0) is 16.6 Å². The molecule has 1 aliphatic rings. The molecule has 0 aliphatic heterocycles. The predicted octanol–water partition coefficient (Wildman–Crippen LogP) is 1.68. The monoisotopic (exact) mass is 291 g/mol. The fourth-order valence-electron chi connectivity index (χ4n) is 2.12. The fraction of sp³-hybridized carbons (Fsp3) is 0.500. The van der Waals surface area contributed by atoms with Gasteiger partial charge in [0.1, 0.15) is 10.7 Å². The molecule has 0 aromatic heterocycles. The molecule has 0 saturated heterocycles. The standard InChI is InChI=1S/C12H15F2NO3S/c1-12(5-2-6-12)15-19(17,18)10-4-3-9(13)8(7-16)11(10)14/h3-4,15-16H,2,5-7H2,1H3. The SMILES string of the molecule is CC1(NS(=O)(=O)c2ccc(F)c(CO)c2F)CCC1. The normalized spacial score (nSPS) is 18.1. The smallest absolute Gasteiger partial charge is 0.243 e. The lowest BCUT2D eigenvalue weighted by molar-refractivity contribution is 0.247. The third-order valence-electron chi connectivity index (χ3n) is 3.44. The summed E-state index contributed by atoms with van der Waals surface area (Å²) in [5.74, 6) is -2.20. The summed E-state index contributed by atoms with van der Waals surface area (Å²) in [5.41, 5.74) is -1.21. The van der Waals surface area contributed by atoms with E-state index >= 15 is 0 Å². The Hall–Kier alpha value is -1.05. The topological polar surface area (TPSA) is 66.4 Å². The minimum atomic E-state index is -4.06. The van der Waals surface area contributed by atoms with Gasteiger partial charge in [0.2, 0.25) is 10.0 Å². The van der Waals surface area contributed by atoms with Crippen LogP contribution < -0.4 is 4.72 Å². The number of aliphatic hydroxyl groups is 1. The molecule has 7 heteroatoms. The second-order valence-electron chi connectivity index (χ2n) is 5.02. The van der Waals surface area contributed by atoms with Gasteiger partial charge in [-0.1, -0.05) is 0 Å². The summed E-state index contributed by atoms with van der Waals surface area (Å²) >= 11 is 0. The zero-order chi connectivity index (χ0) is 14.3. The highest BCUT2D eigenvalue weighted by molar-refractivity contribution is 7.89. The number of rotatable bonds is 4. The Bertz CT molecular complexity index is 597. The molecular formula is C12H15F2NO3S. The zero-order valence-electron chi connectivity index (χ0n) is 10.4.